The van der Waals surface area contributed by atoms with E-state index in [1.807, 2.05) is 0 Å². The lowest BCUT2D eigenvalue weighted by molar-refractivity contribution is 0.632. The van der Waals surface area contributed by atoms with Gasteiger partial charge in [0.25, 0.3) is 0 Å². The SMILES string of the molecule is CC1(C)c2ccccc2-c2ccc(N3c4ccc(-c5ccc6c(c5)c5ccccc5n6-c5ccccc5)cc4C(C)(C)c4cc(-c5ccc6c(c5)c5ccccc5n6-c5ccccc5)ccc43)cc21. The van der Waals surface area contributed by atoms with Crippen LogP contribution in [0.2, 0.25) is 0 Å². The van der Waals surface area contributed by atoms with Crippen molar-refractivity contribution in [1.29, 1.82) is 0 Å². The Morgan fingerprint density at radius 2 is 0.696 bits per heavy atom. The molecule has 3 heterocycles. The minimum absolute atomic E-state index is 0.124. The third-order valence-corrected chi connectivity index (χ3v) is 15.7. The molecule has 12 aromatic rings. The summed E-state index contributed by atoms with van der Waals surface area (Å²) in [7, 11) is 0. The maximum atomic E-state index is 2.54. The third-order valence-electron chi connectivity index (χ3n) is 15.7. The van der Waals surface area contributed by atoms with Gasteiger partial charge in [-0.15, -0.1) is 0 Å². The molecule has 0 bridgehead atoms. The average molecular weight is 884 g/mol. The fourth-order valence-corrected chi connectivity index (χ4v) is 12.2. The summed E-state index contributed by atoms with van der Waals surface area (Å²) in [6, 6.07) is 83.6. The molecule has 3 heteroatoms. The maximum Gasteiger partial charge on any atom is 0.0541 e. The predicted octanol–water partition coefficient (Wildman–Crippen LogP) is 17.6. The minimum Gasteiger partial charge on any atom is -0.310 e. The first-order valence-corrected chi connectivity index (χ1v) is 24.3. The summed E-state index contributed by atoms with van der Waals surface area (Å²) >= 11 is 0. The highest BCUT2D eigenvalue weighted by Gasteiger charge is 2.40. The normalized spacial score (nSPS) is 14.3. The van der Waals surface area contributed by atoms with Crippen LogP contribution in [0.25, 0.3) is 88.4 Å². The molecule has 3 nitrogen and oxygen atoms in total. The molecule has 1 aliphatic carbocycles. The van der Waals surface area contributed by atoms with Crippen molar-refractivity contribution in [3.63, 3.8) is 0 Å². The van der Waals surface area contributed by atoms with E-state index in [0.717, 1.165) is 0 Å². The Morgan fingerprint density at radius 3 is 1.25 bits per heavy atom. The molecule has 0 spiro atoms. The van der Waals surface area contributed by atoms with Crippen molar-refractivity contribution in [1.82, 2.24) is 9.13 Å². The first-order chi connectivity index (χ1) is 33.7. The molecule has 1 aliphatic heterocycles. The minimum atomic E-state index is -0.333. The topological polar surface area (TPSA) is 13.1 Å². The maximum absolute atomic E-state index is 2.54. The van der Waals surface area contributed by atoms with E-state index in [1.165, 1.54) is 128 Å². The van der Waals surface area contributed by atoms with Gasteiger partial charge in [-0.25, -0.2) is 0 Å². The predicted molar refractivity (Wildman–Crippen MR) is 290 cm³/mol. The van der Waals surface area contributed by atoms with Crippen molar-refractivity contribution in [2.24, 2.45) is 0 Å². The summed E-state index contributed by atoms with van der Waals surface area (Å²) in [6.07, 6.45) is 0. The molecular weight excluding hydrogens is 835 g/mol. The molecule has 0 fully saturated rings. The van der Waals surface area contributed by atoms with E-state index in [2.05, 4.69) is 266 Å². The van der Waals surface area contributed by atoms with Crippen molar-refractivity contribution in [3.05, 3.63) is 247 Å². The van der Waals surface area contributed by atoms with Crippen molar-refractivity contribution in [3.8, 4) is 44.8 Å². The van der Waals surface area contributed by atoms with E-state index in [9.17, 15) is 0 Å². The number of nitrogens with zero attached hydrogens (tertiary/aromatic N) is 3. The van der Waals surface area contributed by atoms with Crippen molar-refractivity contribution < 1.29 is 0 Å². The van der Waals surface area contributed by atoms with E-state index in [1.54, 1.807) is 0 Å². The Balaban J connectivity index is 0.950. The van der Waals surface area contributed by atoms with Crippen LogP contribution in [0.4, 0.5) is 17.1 Å². The summed E-state index contributed by atoms with van der Waals surface area (Å²) in [4.78, 5) is 2.54. The number of hydrogen-bond acceptors (Lipinski definition) is 1. The van der Waals surface area contributed by atoms with Crippen molar-refractivity contribution >= 4 is 60.7 Å². The van der Waals surface area contributed by atoms with Gasteiger partial charge in [0.05, 0.1) is 33.4 Å². The monoisotopic (exact) mass is 883 g/mol. The average Bonchev–Trinajstić information content (AvgIpc) is 3.99. The van der Waals surface area contributed by atoms with Crippen LogP contribution in [0.1, 0.15) is 49.9 Å². The second-order valence-electron chi connectivity index (χ2n) is 20.2. The van der Waals surface area contributed by atoms with E-state index in [0.29, 0.717) is 0 Å². The summed E-state index contributed by atoms with van der Waals surface area (Å²) in [5.74, 6) is 0. The van der Waals surface area contributed by atoms with Gasteiger partial charge in [-0.1, -0.05) is 155 Å². The Labute approximate surface area is 402 Å². The molecule has 10 aromatic carbocycles. The number of benzene rings is 10. The van der Waals surface area contributed by atoms with Crippen LogP contribution in [0.3, 0.4) is 0 Å². The van der Waals surface area contributed by atoms with Gasteiger partial charge < -0.3 is 14.0 Å². The smallest absolute Gasteiger partial charge is 0.0541 e. The zero-order valence-electron chi connectivity index (χ0n) is 39.2. The molecule has 0 unspecified atom stereocenters. The van der Waals surface area contributed by atoms with Crippen molar-refractivity contribution in [2.45, 2.75) is 38.5 Å². The number of rotatable bonds is 5. The van der Waals surface area contributed by atoms with Crippen LogP contribution in [-0.2, 0) is 10.8 Å². The molecule has 69 heavy (non-hydrogen) atoms. The Bertz CT molecular complexity index is 3860. The summed E-state index contributed by atoms with van der Waals surface area (Å²) < 4.78 is 4.79. The fraction of sp³-hybridized carbons (Fsp3) is 0.0909. The van der Waals surface area contributed by atoms with Gasteiger partial charge in [-0.05, 0) is 153 Å². The Kier molecular flexibility index (Phi) is 8.38. The Morgan fingerprint density at radius 1 is 0.275 bits per heavy atom. The van der Waals surface area contributed by atoms with Crippen LogP contribution >= 0.6 is 0 Å². The van der Waals surface area contributed by atoms with Gasteiger partial charge in [0.1, 0.15) is 0 Å². The van der Waals surface area contributed by atoms with E-state index < -0.39 is 0 Å². The molecule has 2 aliphatic rings. The number of fused-ring (bicyclic) bond motifs is 11. The highest BCUT2D eigenvalue weighted by Crippen LogP contribution is 2.56. The molecule has 2 aromatic heterocycles. The zero-order valence-corrected chi connectivity index (χ0v) is 39.2. The molecular formula is C66H49N3. The lowest BCUT2D eigenvalue weighted by Gasteiger charge is -2.43. The lowest BCUT2D eigenvalue weighted by atomic mass is 9.72. The highest BCUT2D eigenvalue weighted by molar-refractivity contribution is 6.12. The molecule has 0 amide bonds. The molecule has 0 saturated heterocycles. The molecule has 0 saturated carbocycles. The van der Waals surface area contributed by atoms with E-state index in [4.69, 9.17) is 0 Å². The summed E-state index contributed by atoms with van der Waals surface area (Å²) in [5, 5.41) is 5.03. The quantitative estimate of drug-likeness (QED) is 0.168. The first kappa shape index (κ1) is 39.7. The van der Waals surface area contributed by atoms with Gasteiger partial charge in [-0.3, -0.25) is 0 Å². The van der Waals surface area contributed by atoms with Gasteiger partial charge >= 0.3 is 0 Å². The first-order valence-electron chi connectivity index (χ1n) is 24.3. The van der Waals surface area contributed by atoms with Crippen LogP contribution in [0.5, 0.6) is 0 Å². The molecule has 14 rings (SSSR count). The van der Waals surface area contributed by atoms with Crippen molar-refractivity contribution in [2.75, 3.05) is 4.90 Å². The van der Waals surface area contributed by atoms with Gasteiger partial charge in [-0.2, -0.15) is 0 Å². The summed E-state index contributed by atoms with van der Waals surface area (Å²) in [6.45, 7) is 9.60. The van der Waals surface area contributed by atoms with Gasteiger partial charge in [0.2, 0.25) is 0 Å². The fourth-order valence-electron chi connectivity index (χ4n) is 12.2. The number of anilines is 3. The van der Waals surface area contributed by atoms with E-state index in [-0.39, 0.29) is 10.8 Å². The molecule has 0 N–H and O–H groups in total. The molecule has 0 radical (unpaired) electrons. The number of aromatic nitrogens is 2. The highest BCUT2D eigenvalue weighted by atomic mass is 15.2. The van der Waals surface area contributed by atoms with Crippen LogP contribution < -0.4 is 4.90 Å². The molecule has 328 valence electrons. The molecule has 0 atom stereocenters. The standard InChI is InChI=1S/C66H49N3/c1-65(2)55-24-14-11-21-49(55)50-32-31-48(41-56(50)65)69-63-35-29-44(42-27-33-61-53(37-42)51-22-12-15-25-59(51)67(61)46-17-7-5-8-18-46)39-57(63)66(3,4)58-40-45(30-36-64(58)69)43-28-34-62-54(38-43)52-23-13-16-26-60(52)68(62)47-19-9-6-10-20-47/h5-41H,1-4H3. The van der Waals surface area contributed by atoms with Crippen LogP contribution in [-0.4, -0.2) is 9.13 Å². The number of para-hydroxylation sites is 4. The van der Waals surface area contributed by atoms with Gasteiger partial charge in [0, 0.05) is 49.4 Å². The third kappa shape index (κ3) is 5.74. The zero-order chi connectivity index (χ0) is 46.2. The van der Waals surface area contributed by atoms with Crippen LogP contribution in [0.15, 0.2) is 224 Å². The second kappa shape index (κ2) is 14.6. The van der Waals surface area contributed by atoms with E-state index >= 15 is 0 Å². The van der Waals surface area contributed by atoms with Crippen LogP contribution in [0, 0.1) is 0 Å². The lowest BCUT2D eigenvalue weighted by Crippen LogP contribution is -2.31. The van der Waals surface area contributed by atoms with Gasteiger partial charge in [0.15, 0.2) is 0 Å². The summed E-state index contributed by atoms with van der Waals surface area (Å²) in [5.41, 5.74) is 23.2. The largest absolute Gasteiger partial charge is 0.310 e. The second-order valence-corrected chi connectivity index (χ2v) is 20.2. The Hall–Kier alpha value is -8.40. The number of hydrogen-bond donors (Lipinski definition) is 0.